The van der Waals surface area contributed by atoms with E-state index in [0.717, 1.165) is 17.7 Å². The van der Waals surface area contributed by atoms with E-state index in [1.807, 2.05) is 13.8 Å². The summed E-state index contributed by atoms with van der Waals surface area (Å²) < 4.78 is 0. The van der Waals surface area contributed by atoms with Crippen LogP contribution in [0, 0.1) is 5.92 Å². The Kier molecular flexibility index (Phi) is 1.79. The number of hydrogen-bond donors (Lipinski definition) is 1. The van der Waals surface area contributed by atoms with Crippen LogP contribution in [0.4, 0.5) is 0 Å². The molecule has 1 atom stereocenters. The lowest BCUT2D eigenvalue weighted by atomic mass is 10.0. The standard InChI is InChI=1S/C8H13NO/c1-5(2)7-6(3)4-9-8(7)10/h6H,4H2,1-3H3,(H,9,10). The maximum Gasteiger partial charge on any atom is 0.247 e. The molecule has 1 fully saturated rings. The van der Waals surface area contributed by atoms with Crippen LogP contribution in [0.2, 0.25) is 0 Å². The third-order valence-electron chi connectivity index (χ3n) is 1.84. The van der Waals surface area contributed by atoms with E-state index in [1.165, 1.54) is 0 Å². The second kappa shape index (κ2) is 2.45. The molecule has 1 amide bonds. The van der Waals surface area contributed by atoms with Crippen LogP contribution < -0.4 is 5.32 Å². The minimum absolute atomic E-state index is 0.118. The highest BCUT2D eigenvalue weighted by Crippen LogP contribution is 2.19. The lowest BCUT2D eigenvalue weighted by Gasteiger charge is -2.01. The van der Waals surface area contributed by atoms with Crippen LogP contribution in [0.3, 0.4) is 0 Å². The molecule has 2 heteroatoms. The number of allylic oxidation sites excluding steroid dienone is 1. The molecular formula is C8H13NO. The van der Waals surface area contributed by atoms with Gasteiger partial charge in [0.15, 0.2) is 0 Å². The molecule has 1 rings (SSSR count). The first-order valence-corrected chi connectivity index (χ1v) is 3.58. The average Bonchev–Trinajstić information content (AvgIpc) is 2.11. The highest BCUT2D eigenvalue weighted by atomic mass is 16.2. The molecule has 1 unspecified atom stereocenters. The SMILES string of the molecule is CC(C)=C1C(=O)NCC1C. The highest BCUT2D eigenvalue weighted by molar-refractivity contribution is 5.96. The van der Waals surface area contributed by atoms with E-state index in [9.17, 15) is 4.79 Å². The van der Waals surface area contributed by atoms with Crippen LogP contribution >= 0.6 is 0 Å². The zero-order valence-corrected chi connectivity index (χ0v) is 6.69. The van der Waals surface area contributed by atoms with E-state index in [0.29, 0.717) is 5.92 Å². The molecule has 56 valence electrons. The van der Waals surface area contributed by atoms with Gasteiger partial charge in [-0.05, 0) is 13.8 Å². The summed E-state index contributed by atoms with van der Waals surface area (Å²) in [6.07, 6.45) is 0. The van der Waals surface area contributed by atoms with Crippen molar-refractivity contribution in [2.75, 3.05) is 6.54 Å². The van der Waals surface area contributed by atoms with Crippen molar-refractivity contribution < 1.29 is 4.79 Å². The summed E-state index contributed by atoms with van der Waals surface area (Å²) in [4.78, 5) is 11.1. The van der Waals surface area contributed by atoms with Crippen molar-refractivity contribution in [2.45, 2.75) is 20.8 Å². The second-order valence-electron chi connectivity index (χ2n) is 3.02. The van der Waals surface area contributed by atoms with E-state index >= 15 is 0 Å². The van der Waals surface area contributed by atoms with Crippen molar-refractivity contribution in [3.05, 3.63) is 11.1 Å². The van der Waals surface area contributed by atoms with Gasteiger partial charge >= 0.3 is 0 Å². The molecule has 1 aliphatic rings. The predicted octanol–water partition coefficient (Wildman–Crippen LogP) is 1.09. The Bertz CT molecular complexity index is 189. The van der Waals surface area contributed by atoms with Gasteiger partial charge in [0.05, 0.1) is 0 Å². The maximum atomic E-state index is 11.1. The van der Waals surface area contributed by atoms with Gasteiger partial charge in [-0.3, -0.25) is 4.79 Å². The maximum absolute atomic E-state index is 11.1. The van der Waals surface area contributed by atoms with Gasteiger partial charge < -0.3 is 5.32 Å². The van der Waals surface area contributed by atoms with Gasteiger partial charge in [0.1, 0.15) is 0 Å². The summed E-state index contributed by atoms with van der Waals surface area (Å²) in [5, 5.41) is 2.80. The van der Waals surface area contributed by atoms with Crippen molar-refractivity contribution in [1.82, 2.24) is 5.32 Å². The fraction of sp³-hybridized carbons (Fsp3) is 0.625. The van der Waals surface area contributed by atoms with Crippen molar-refractivity contribution in [3.63, 3.8) is 0 Å². The first kappa shape index (κ1) is 7.32. The highest BCUT2D eigenvalue weighted by Gasteiger charge is 2.24. The van der Waals surface area contributed by atoms with E-state index in [2.05, 4.69) is 12.2 Å². The van der Waals surface area contributed by atoms with Crippen molar-refractivity contribution in [3.8, 4) is 0 Å². The molecule has 10 heavy (non-hydrogen) atoms. The molecule has 0 saturated carbocycles. The Morgan fingerprint density at radius 3 is 2.40 bits per heavy atom. The summed E-state index contributed by atoms with van der Waals surface area (Å²) in [6.45, 7) is 6.84. The molecule has 2 nitrogen and oxygen atoms in total. The smallest absolute Gasteiger partial charge is 0.247 e. The van der Waals surface area contributed by atoms with Crippen LogP contribution in [0.15, 0.2) is 11.1 Å². The monoisotopic (exact) mass is 139 g/mol. The zero-order valence-electron chi connectivity index (χ0n) is 6.69. The van der Waals surface area contributed by atoms with Crippen LogP contribution in [0.25, 0.3) is 0 Å². The first-order chi connectivity index (χ1) is 4.63. The van der Waals surface area contributed by atoms with E-state index in [1.54, 1.807) is 0 Å². The molecule has 0 bridgehead atoms. The quantitative estimate of drug-likeness (QED) is 0.500. The van der Waals surface area contributed by atoms with E-state index < -0.39 is 0 Å². The number of carbonyl (C=O) groups is 1. The molecule has 0 aromatic heterocycles. The normalized spacial score (nSPS) is 24.9. The molecule has 1 saturated heterocycles. The molecule has 1 N–H and O–H groups in total. The Morgan fingerprint density at radius 1 is 1.60 bits per heavy atom. The lowest BCUT2D eigenvalue weighted by molar-refractivity contribution is -0.116. The second-order valence-corrected chi connectivity index (χ2v) is 3.02. The Morgan fingerprint density at radius 2 is 2.20 bits per heavy atom. The fourth-order valence-electron chi connectivity index (χ4n) is 1.39. The summed E-state index contributed by atoms with van der Waals surface area (Å²) in [7, 11) is 0. The Labute approximate surface area is 61.3 Å². The van der Waals surface area contributed by atoms with E-state index in [4.69, 9.17) is 0 Å². The zero-order chi connectivity index (χ0) is 7.72. The fourth-order valence-corrected chi connectivity index (χ4v) is 1.39. The summed E-state index contributed by atoms with van der Waals surface area (Å²) in [5.74, 6) is 0.519. The topological polar surface area (TPSA) is 29.1 Å². The number of amides is 1. The molecule has 0 spiro atoms. The molecule has 1 aliphatic heterocycles. The number of carbonyl (C=O) groups excluding carboxylic acids is 1. The minimum Gasteiger partial charge on any atom is -0.352 e. The van der Waals surface area contributed by atoms with Crippen LogP contribution in [0.1, 0.15) is 20.8 Å². The third-order valence-corrected chi connectivity index (χ3v) is 1.84. The van der Waals surface area contributed by atoms with Gasteiger partial charge in [0.2, 0.25) is 5.91 Å². The van der Waals surface area contributed by atoms with Gasteiger partial charge in [-0.25, -0.2) is 0 Å². The van der Waals surface area contributed by atoms with Gasteiger partial charge in [-0.15, -0.1) is 0 Å². The Hall–Kier alpha value is -0.790. The van der Waals surface area contributed by atoms with Crippen LogP contribution in [-0.2, 0) is 4.79 Å². The summed E-state index contributed by atoms with van der Waals surface area (Å²) in [6, 6.07) is 0. The molecule has 1 heterocycles. The van der Waals surface area contributed by atoms with Gasteiger partial charge in [-0.1, -0.05) is 12.5 Å². The average molecular weight is 139 g/mol. The molecule has 0 aliphatic carbocycles. The van der Waals surface area contributed by atoms with Crippen molar-refractivity contribution in [1.29, 1.82) is 0 Å². The first-order valence-electron chi connectivity index (χ1n) is 3.58. The Balaban J connectivity index is 2.93. The van der Waals surface area contributed by atoms with Gasteiger partial charge in [0, 0.05) is 18.0 Å². The lowest BCUT2D eigenvalue weighted by Crippen LogP contribution is -2.14. The number of rotatable bonds is 0. The summed E-state index contributed by atoms with van der Waals surface area (Å²) >= 11 is 0. The molecule has 0 aromatic rings. The molecular weight excluding hydrogens is 126 g/mol. The third kappa shape index (κ3) is 1.06. The van der Waals surface area contributed by atoms with Gasteiger partial charge in [0.25, 0.3) is 0 Å². The van der Waals surface area contributed by atoms with Crippen molar-refractivity contribution in [2.24, 2.45) is 5.92 Å². The molecule has 0 radical (unpaired) electrons. The van der Waals surface area contributed by atoms with Gasteiger partial charge in [-0.2, -0.15) is 0 Å². The minimum atomic E-state index is 0.118. The predicted molar refractivity (Wildman–Crippen MR) is 40.5 cm³/mol. The number of hydrogen-bond acceptors (Lipinski definition) is 1. The summed E-state index contributed by atoms with van der Waals surface area (Å²) in [5.41, 5.74) is 2.11. The van der Waals surface area contributed by atoms with Crippen LogP contribution in [-0.4, -0.2) is 12.5 Å². The van der Waals surface area contributed by atoms with E-state index in [-0.39, 0.29) is 5.91 Å². The number of nitrogens with one attached hydrogen (secondary N) is 1. The van der Waals surface area contributed by atoms with Crippen LogP contribution in [0.5, 0.6) is 0 Å². The van der Waals surface area contributed by atoms with Crippen molar-refractivity contribution >= 4 is 5.91 Å². The molecule has 0 aromatic carbocycles. The largest absolute Gasteiger partial charge is 0.352 e.